The molecule has 0 radical (unpaired) electrons. The number of rotatable bonds is 31. The first-order valence-electron chi connectivity index (χ1n) is 30.5. The SMILES string of the molecule is CCCCCCCCSc1cc2c3c(ccc4c5c(SCCCCCCCC)cc6c7c(ccc(c1c34)c75)C(=O)N([C@@H]1CCCC[C@H]1NC(=O)[C@@H]1CCCN1)C6=O)C(=O)N([C@H](CCC(=O)NCC(=O)O)C(=O)NCCCCCC)C2=O. The Labute approximate surface area is 484 Å². The van der Waals surface area contributed by atoms with E-state index in [0.717, 1.165) is 168 Å². The number of nitrogens with one attached hydrogen (secondary N) is 4. The zero-order valence-electron chi connectivity index (χ0n) is 47.7. The van der Waals surface area contributed by atoms with Gasteiger partial charge in [0.05, 0.1) is 12.1 Å². The summed E-state index contributed by atoms with van der Waals surface area (Å²) in [6.07, 6.45) is 20.8. The van der Waals surface area contributed by atoms with Gasteiger partial charge in [-0.1, -0.05) is 129 Å². The molecule has 3 aliphatic heterocycles. The van der Waals surface area contributed by atoms with Crippen molar-refractivity contribution in [2.75, 3.05) is 31.1 Å². The average molecular weight is 1140 g/mol. The van der Waals surface area contributed by atoms with Crippen LogP contribution in [-0.4, -0.2) is 118 Å². The molecule has 1 aliphatic carbocycles. The van der Waals surface area contributed by atoms with Crippen molar-refractivity contribution < 1.29 is 43.5 Å². The maximum absolute atomic E-state index is 15.5. The van der Waals surface area contributed by atoms with Gasteiger partial charge in [-0.25, -0.2) is 0 Å². The van der Waals surface area contributed by atoms with Crippen LogP contribution in [0, 0.1) is 0 Å². The van der Waals surface area contributed by atoms with Crippen LogP contribution < -0.4 is 21.3 Å². The standard InChI is InChI=1S/C64H82N6O9S2/c1-4-7-10-13-15-20-34-80-49-36-43-53-41(61(76)69(63(43)78)47-25-18-17-23-45(47)68-59(74)46-24-22-33-65-46)28-26-39-56-50(81-35-21-16-14-11-8-5-2)37-44-54-42(29-27-40(58(54)56)55(49)57(39)53)62(77)70(64(44)79)48(30-31-51(71)67-38-52(72)73)60(75)66-32-19-12-9-6-3/h26-29,36-37,45-48,65H,4-25,30-35,38H2,1-3H3,(H,66,75)(H,67,71)(H,68,74)(H,72,73)/t45-,46+,47-,48-/m1/s1. The number of carbonyl (C=O) groups is 8. The molecule has 1 saturated heterocycles. The molecule has 5 aromatic carbocycles. The van der Waals surface area contributed by atoms with E-state index in [1.165, 1.54) is 24.2 Å². The van der Waals surface area contributed by atoms with Crippen molar-refractivity contribution in [3.05, 3.63) is 58.7 Å². The number of hydrogen-bond acceptors (Lipinski definition) is 11. The monoisotopic (exact) mass is 1140 g/mol. The summed E-state index contributed by atoms with van der Waals surface area (Å²) >= 11 is 3.33. The topological polar surface area (TPSA) is 211 Å². The fourth-order valence-corrected chi connectivity index (χ4v) is 15.2. The summed E-state index contributed by atoms with van der Waals surface area (Å²) in [6.45, 7) is 6.97. The molecular weight excluding hydrogens is 1060 g/mol. The lowest BCUT2D eigenvalue weighted by molar-refractivity contribution is -0.138. The second-order valence-corrected chi connectivity index (χ2v) is 25.1. The first-order chi connectivity index (χ1) is 39.4. The predicted octanol–water partition coefficient (Wildman–Crippen LogP) is 12.1. The van der Waals surface area contributed by atoms with Crippen molar-refractivity contribution in [1.82, 2.24) is 31.1 Å². The fraction of sp³-hybridized carbons (Fsp3) is 0.562. The molecule has 0 bridgehead atoms. The van der Waals surface area contributed by atoms with Crippen molar-refractivity contribution in [3.63, 3.8) is 0 Å². The number of imide groups is 2. The highest BCUT2D eigenvalue weighted by Gasteiger charge is 2.45. The summed E-state index contributed by atoms with van der Waals surface area (Å²) in [7, 11) is 0. The normalized spacial score (nSPS) is 18.5. The minimum atomic E-state index is -1.37. The van der Waals surface area contributed by atoms with Gasteiger partial charge in [0.1, 0.15) is 12.6 Å². The van der Waals surface area contributed by atoms with E-state index in [-0.39, 0.29) is 53.8 Å². The summed E-state index contributed by atoms with van der Waals surface area (Å²) in [5.74, 6) is -3.08. The Morgan fingerprint density at radius 2 is 1.14 bits per heavy atom. The van der Waals surface area contributed by atoms with Crippen molar-refractivity contribution >= 4 is 114 Å². The third-order valence-electron chi connectivity index (χ3n) is 17.1. The predicted molar refractivity (Wildman–Crippen MR) is 323 cm³/mol. The molecule has 17 heteroatoms. The maximum atomic E-state index is 15.5. The fourth-order valence-electron chi connectivity index (χ4n) is 12.9. The lowest BCUT2D eigenvalue weighted by atomic mass is 9.81. The number of carboxylic acids is 1. The maximum Gasteiger partial charge on any atom is 0.322 e. The lowest BCUT2D eigenvalue weighted by Gasteiger charge is -2.41. The second kappa shape index (κ2) is 28.0. The summed E-state index contributed by atoms with van der Waals surface area (Å²) in [5.41, 5.74) is 1.38. The minimum Gasteiger partial charge on any atom is -0.480 e. The number of carboxylic acid groups (broad SMARTS) is 1. The van der Waals surface area contributed by atoms with Crippen LogP contribution in [0.5, 0.6) is 0 Å². The van der Waals surface area contributed by atoms with Crippen LogP contribution in [0.3, 0.4) is 0 Å². The highest BCUT2D eigenvalue weighted by molar-refractivity contribution is 7.99. The van der Waals surface area contributed by atoms with Crippen LogP contribution in [0.1, 0.15) is 216 Å². The highest BCUT2D eigenvalue weighted by atomic mass is 32.2. The Kier molecular flexibility index (Phi) is 20.7. The Morgan fingerprint density at radius 1 is 0.605 bits per heavy atom. The molecule has 0 aromatic heterocycles. The average Bonchev–Trinajstić information content (AvgIpc) is 1.45. The molecule has 4 atom stereocenters. The van der Waals surface area contributed by atoms with Gasteiger partial charge < -0.3 is 26.4 Å². The van der Waals surface area contributed by atoms with Crippen molar-refractivity contribution in [3.8, 4) is 0 Å². The number of thioether (sulfide) groups is 2. The highest BCUT2D eigenvalue weighted by Crippen LogP contribution is 2.52. The zero-order valence-corrected chi connectivity index (χ0v) is 49.3. The summed E-state index contributed by atoms with van der Waals surface area (Å²) in [4.78, 5) is 118. The van der Waals surface area contributed by atoms with E-state index >= 15 is 19.2 Å². The molecule has 81 heavy (non-hydrogen) atoms. The largest absolute Gasteiger partial charge is 0.480 e. The molecular formula is C64H82N6O9S2. The van der Waals surface area contributed by atoms with Gasteiger partial charge in [-0.2, -0.15) is 0 Å². The molecule has 434 valence electrons. The molecule has 0 unspecified atom stereocenters. The van der Waals surface area contributed by atoms with Crippen LogP contribution in [0.25, 0.3) is 43.1 Å². The van der Waals surface area contributed by atoms with Gasteiger partial charge >= 0.3 is 5.97 Å². The van der Waals surface area contributed by atoms with Gasteiger partial charge in [0.25, 0.3) is 23.6 Å². The Bertz CT molecular complexity index is 3170. The smallest absolute Gasteiger partial charge is 0.322 e. The number of aliphatic carboxylic acids is 1. The van der Waals surface area contributed by atoms with Gasteiger partial charge in [-0.15, -0.1) is 23.5 Å². The number of amides is 7. The molecule has 3 heterocycles. The van der Waals surface area contributed by atoms with Crippen LogP contribution in [0.4, 0.5) is 0 Å². The Morgan fingerprint density at radius 3 is 1.72 bits per heavy atom. The van der Waals surface area contributed by atoms with E-state index in [4.69, 9.17) is 0 Å². The van der Waals surface area contributed by atoms with Gasteiger partial charge in [0.2, 0.25) is 17.7 Å². The van der Waals surface area contributed by atoms with Crippen LogP contribution in [0.2, 0.25) is 0 Å². The molecule has 5 aromatic rings. The second-order valence-electron chi connectivity index (χ2n) is 22.8. The molecule has 15 nitrogen and oxygen atoms in total. The first-order valence-corrected chi connectivity index (χ1v) is 32.5. The van der Waals surface area contributed by atoms with Crippen molar-refractivity contribution in [2.24, 2.45) is 0 Å². The van der Waals surface area contributed by atoms with Gasteiger partial charge in [0, 0.05) is 83.4 Å². The van der Waals surface area contributed by atoms with E-state index in [9.17, 15) is 24.3 Å². The molecule has 9 rings (SSSR count). The van der Waals surface area contributed by atoms with Gasteiger partial charge in [-0.3, -0.25) is 48.2 Å². The van der Waals surface area contributed by atoms with E-state index in [0.29, 0.717) is 47.7 Å². The van der Waals surface area contributed by atoms with Crippen LogP contribution in [-0.2, 0) is 19.2 Å². The lowest BCUT2D eigenvalue weighted by Crippen LogP contribution is -2.59. The van der Waals surface area contributed by atoms with Gasteiger partial charge in [-0.05, 0) is 104 Å². The number of fused-ring (bicyclic) bond motifs is 2. The van der Waals surface area contributed by atoms with Crippen molar-refractivity contribution in [2.45, 2.75) is 209 Å². The van der Waals surface area contributed by atoms with Gasteiger partial charge in [0.15, 0.2) is 0 Å². The summed E-state index contributed by atoms with van der Waals surface area (Å²) < 4.78 is 0. The van der Waals surface area contributed by atoms with E-state index < -0.39 is 48.2 Å². The molecule has 1 saturated carbocycles. The molecule has 7 amide bonds. The Balaban J connectivity index is 1.20. The van der Waals surface area contributed by atoms with E-state index in [1.54, 1.807) is 29.6 Å². The number of benzene rings is 5. The van der Waals surface area contributed by atoms with E-state index in [2.05, 4.69) is 42.0 Å². The zero-order chi connectivity index (χ0) is 57.2. The Hall–Kier alpha value is -5.78. The minimum absolute atomic E-state index is 0.0915. The molecule has 2 fully saturated rings. The van der Waals surface area contributed by atoms with E-state index in [1.807, 2.05) is 30.3 Å². The molecule has 5 N–H and O–H groups in total. The van der Waals surface area contributed by atoms with Crippen molar-refractivity contribution in [1.29, 1.82) is 0 Å². The number of carbonyl (C=O) groups excluding carboxylic acids is 7. The quantitative estimate of drug-likeness (QED) is 0.00922. The third-order valence-corrected chi connectivity index (χ3v) is 19.4. The number of hydrogen-bond donors (Lipinski definition) is 5. The van der Waals surface area contributed by atoms with Crippen LogP contribution in [0.15, 0.2) is 46.2 Å². The van der Waals surface area contributed by atoms with Crippen LogP contribution >= 0.6 is 23.5 Å². The summed E-state index contributed by atoms with van der Waals surface area (Å²) in [5, 5.41) is 27.0. The summed E-state index contributed by atoms with van der Waals surface area (Å²) in [6, 6.07) is 8.73. The number of nitrogens with zero attached hydrogens (tertiary/aromatic N) is 2. The third kappa shape index (κ3) is 12.9. The first kappa shape index (κ1) is 59.8. The molecule has 4 aliphatic rings. The molecule has 0 spiro atoms. The number of unbranched alkanes of at least 4 members (excludes halogenated alkanes) is 13.